The summed E-state index contributed by atoms with van der Waals surface area (Å²) in [7, 11) is -2.00. The third-order valence-corrected chi connectivity index (χ3v) is 5.12. The molecule has 0 spiro atoms. The normalized spacial score (nSPS) is 12.0. The molecule has 0 aliphatic heterocycles. The van der Waals surface area contributed by atoms with E-state index in [0.717, 1.165) is 11.1 Å². The first kappa shape index (κ1) is 14.7. The average molecular weight is 294 g/mol. The molecule has 1 aromatic carbocycles. The van der Waals surface area contributed by atoms with Gasteiger partial charge in [0.05, 0.1) is 11.9 Å². The SMILES string of the molecule is Cc1[nH]ncc1S(=O)(=O)N(C)Cc1ccccc1CN. The predicted octanol–water partition coefficient (Wildman–Crippen LogP) is 0.998. The van der Waals surface area contributed by atoms with Gasteiger partial charge in [-0.25, -0.2) is 8.42 Å². The Bertz CT molecular complexity index is 694. The molecule has 0 aliphatic carbocycles. The fourth-order valence-electron chi connectivity index (χ4n) is 2.00. The van der Waals surface area contributed by atoms with E-state index in [1.807, 2.05) is 24.3 Å². The number of nitrogens with zero attached hydrogens (tertiary/aromatic N) is 2. The van der Waals surface area contributed by atoms with Crippen LogP contribution >= 0.6 is 0 Å². The van der Waals surface area contributed by atoms with E-state index in [9.17, 15) is 8.42 Å². The molecule has 0 aliphatic rings. The Balaban J connectivity index is 2.28. The molecule has 6 nitrogen and oxygen atoms in total. The average Bonchev–Trinajstić information content (AvgIpc) is 2.86. The van der Waals surface area contributed by atoms with Crippen molar-refractivity contribution in [1.82, 2.24) is 14.5 Å². The number of hydrogen-bond donors (Lipinski definition) is 2. The standard InChI is InChI=1S/C13H18N4O2S/c1-10-13(8-15-16-10)20(18,19)17(2)9-12-6-4-3-5-11(12)7-14/h3-6,8H,7,9,14H2,1-2H3,(H,15,16). The highest BCUT2D eigenvalue weighted by atomic mass is 32.2. The van der Waals surface area contributed by atoms with Gasteiger partial charge in [-0.2, -0.15) is 9.40 Å². The van der Waals surface area contributed by atoms with Gasteiger partial charge in [-0.1, -0.05) is 24.3 Å². The lowest BCUT2D eigenvalue weighted by Crippen LogP contribution is -2.27. The highest BCUT2D eigenvalue weighted by molar-refractivity contribution is 7.89. The van der Waals surface area contributed by atoms with Gasteiger partial charge in [0.2, 0.25) is 10.0 Å². The van der Waals surface area contributed by atoms with Crippen molar-refractivity contribution in [3.63, 3.8) is 0 Å². The fraction of sp³-hybridized carbons (Fsp3) is 0.308. The molecule has 1 heterocycles. The van der Waals surface area contributed by atoms with Crippen molar-refractivity contribution >= 4 is 10.0 Å². The predicted molar refractivity (Wildman–Crippen MR) is 76.3 cm³/mol. The third kappa shape index (κ3) is 2.74. The van der Waals surface area contributed by atoms with Crippen molar-refractivity contribution < 1.29 is 8.42 Å². The van der Waals surface area contributed by atoms with Crippen LogP contribution in [-0.2, 0) is 23.1 Å². The van der Waals surface area contributed by atoms with Gasteiger partial charge in [0.25, 0.3) is 0 Å². The second-order valence-corrected chi connectivity index (χ2v) is 6.61. The second-order valence-electron chi connectivity index (χ2n) is 4.59. The van der Waals surface area contributed by atoms with E-state index in [1.54, 1.807) is 14.0 Å². The van der Waals surface area contributed by atoms with E-state index in [0.29, 0.717) is 12.2 Å². The largest absolute Gasteiger partial charge is 0.326 e. The molecule has 0 fully saturated rings. The summed E-state index contributed by atoms with van der Waals surface area (Å²) in [5.74, 6) is 0. The summed E-state index contributed by atoms with van der Waals surface area (Å²) < 4.78 is 26.2. The molecule has 0 bridgehead atoms. The molecule has 0 unspecified atom stereocenters. The number of H-pyrrole nitrogens is 1. The molecule has 0 saturated heterocycles. The molecule has 0 atom stereocenters. The van der Waals surface area contributed by atoms with Crippen LogP contribution in [0.1, 0.15) is 16.8 Å². The Morgan fingerprint density at radius 3 is 2.50 bits per heavy atom. The third-order valence-electron chi connectivity index (χ3n) is 3.20. The number of nitrogens with two attached hydrogens (primary N) is 1. The number of rotatable bonds is 5. The summed E-state index contributed by atoms with van der Waals surface area (Å²) in [6.07, 6.45) is 1.33. The monoisotopic (exact) mass is 294 g/mol. The van der Waals surface area contributed by atoms with E-state index in [-0.39, 0.29) is 11.4 Å². The molecular formula is C13H18N4O2S. The van der Waals surface area contributed by atoms with Crippen LogP contribution in [0, 0.1) is 6.92 Å². The Labute approximate surface area is 118 Å². The molecule has 20 heavy (non-hydrogen) atoms. The van der Waals surface area contributed by atoms with E-state index >= 15 is 0 Å². The van der Waals surface area contributed by atoms with Gasteiger partial charge in [0.15, 0.2) is 0 Å². The van der Waals surface area contributed by atoms with Gasteiger partial charge in [-0.15, -0.1) is 0 Å². The minimum atomic E-state index is -3.55. The summed E-state index contributed by atoms with van der Waals surface area (Å²) in [6, 6.07) is 7.55. The number of aryl methyl sites for hydroxylation is 1. The van der Waals surface area contributed by atoms with Gasteiger partial charge in [-0.3, -0.25) is 5.10 Å². The first-order valence-electron chi connectivity index (χ1n) is 6.20. The van der Waals surface area contributed by atoms with Crippen molar-refractivity contribution in [2.75, 3.05) is 7.05 Å². The van der Waals surface area contributed by atoms with Crippen LogP contribution in [0.4, 0.5) is 0 Å². The molecule has 2 rings (SSSR count). The van der Waals surface area contributed by atoms with Crippen LogP contribution in [-0.4, -0.2) is 30.0 Å². The molecule has 2 aromatic rings. The van der Waals surface area contributed by atoms with Crippen LogP contribution in [0.25, 0.3) is 0 Å². The zero-order chi connectivity index (χ0) is 14.8. The zero-order valence-electron chi connectivity index (χ0n) is 11.5. The number of aromatic amines is 1. The Hall–Kier alpha value is -1.70. The number of sulfonamides is 1. The first-order valence-corrected chi connectivity index (χ1v) is 7.64. The fourth-order valence-corrected chi connectivity index (χ4v) is 3.27. The highest BCUT2D eigenvalue weighted by Crippen LogP contribution is 2.19. The maximum atomic E-state index is 12.5. The summed E-state index contributed by atoms with van der Waals surface area (Å²) >= 11 is 0. The zero-order valence-corrected chi connectivity index (χ0v) is 12.3. The smallest absolute Gasteiger partial charge is 0.246 e. The maximum absolute atomic E-state index is 12.5. The lowest BCUT2D eigenvalue weighted by molar-refractivity contribution is 0.465. The summed E-state index contributed by atoms with van der Waals surface area (Å²) in [6.45, 7) is 2.34. The molecule has 3 N–H and O–H groups in total. The summed E-state index contributed by atoms with van der Waals surface area (Å²) in [5, 5.41) is 6.40. The Kier molecular flexibility index (Phi) is 4.22. The van der Waals surface area contributed by atoms with Crippen LogP contribution in [0.15, 0.2) is 35.4 Å². The van der Waals surface area contributed by atoms with Crippen LogP contribution in [0.3, 0.4) is 0 Å². The van der Waals surface area contributed by atoms with E-state index in [4.69, 9.17) is 5.73 Å². The molecular weight excluding hydrogens is 276 g/mol. The quantitative estimate of drug-likeness (QED) is 0.860. The highest BCUT2D eigenvalue weighted by Gasteiger charge is 2.24. The summed E-state index contributed by atoms with van der Waals surface area (Å²) in [4.78, 5) is 0.199. The molecule has 1 aromatic heterocycles. The van der Waals surface area contributed by atoms with E-state index in [1.165, 1.54) is 10.5 Å². The number of hydrogen-bond acceptors (Lipinski definition) is 4. The van der Waals surface area contributed by atoms with Crippen LogP contribution < -0.4 is 5.73 Å². The van der Waals surface area contributed by atoms with Crippen molar-refractivity contribution in [2.24, 2.45) is 5.73 Å². The molecule has 0 amide bonds. The Morgan fingerprint density at radius 2 is 1.95 bits per heavy atom. The topological polar surface area (TPSA) is 92.1 Å². The van der Waals surface area contributed by atoms with Crippen molar-refractivity contribution in [2.45, 2.75) is 24.9 Å². The lowest BCUT2D eigenvalue weighted by atomic mass is 10.1. The van der Waals surface area contributed by atoms with Crippen LogP contribution in [0.2, 0.25) is 0 Å². The van der Waals surface area contributed by atoms with E-state index < -0.39 is 10.0 Å². The van der Waals surface area contributed by atoms with Gasteiger partial charge in [0, 0.05) is 20.1 Å². The summed E-state index contributed by atoms with van der Waals surface area (Å²) in [5.41, 5.74) is 8.05. The minimum absolute atomic E-state index is 0.199. The van der Waals surface area contributed by atoms with Gasteiger partial charge >= 0.3 is 0 Å². The van der Waals surface area contributed by atoms with Gasteiger partial charge in [0.1, 0.15) is 4.90 Å². The first-order chi connectivity index (χ1) is 9.46. The lowest BCUT2D eigenvalue weighted by Gasteiger charge is -2.18. The molecule has 0 radical (unpaired) electrons. The number of aromatic nitrogens is 2. The maximum Gasteiger partial charge on any atom is 0.246 e. The minimum Gasteiger partial charge on any atom is -0.326 e. The van der Waals surface area contributed by atoms with E-state index in [2.05, 4.69) is 10.2 Å². The van der Waals surface area contributed by atoms with Gasteiger partial charge in [-0.05, 0) is 18.1 Å². The molecule has 0 saturated carbocycles. The van der Waals surface area contributed by atoms with Crippen molar-refractivity contribution in [3.05, 3.63) is 47.3 Å². The number of benzene rings is 1. The van der Waals surface area contributed by atoms with Crippen molar-refractivity contribution in [3.8, 4) is 0 Å². The molecule has 108 valence electrons. The Morgan fingerprint density at radius 1 is 1.30 bits per heavy atom. The number of nitrogens with one attached hydrogen (secondary N) is 1. The van der Waals surface area contributed by atoms with Crippen molar-refractivity contribution in [1.29, 1.82) is 0 Å². The van der Waals surface area contributed by atoms with Crippen LogP contribution in [0.5, 0.6) is 0 Å². The second kappa shape index (κ2) is 5.74. The molecule has 7 heteroatoms. The van der Waals surface area contributed by atoms with Gasteiger partial charge < -0.3 is 5.73 Å².